The predicted molar refractivity (Wildman–Crippen MR) is 82.1 cm³/mol. The van der Waals surface area contributed by atoms with Gasteiger partial charge >= 0.3 is 0 Å². The number of aromatic nitrogens is 1. The summed E-state index contributed by atoms with van der Waals surface area (Å²) in [5, 5.41) is 4.30. The van der Waals surface area contributed by atoms with Crippen LogP contribution in [0.1, 0.15) is 15.9 Å². The van der Waals surface area contributed by atoms with Gasteiger partial charge in [-0.2, -0.15) is 0 Å². The number of nitrogens with zero attached hydrogens (tertiary/aromatic N) is 2. The molecule has 1 aromatic heterocycles. The number of pyridine rings is 1. The molecule has 1 amide bonds. The first-order valence-electron chi connectivity index (χ1n) is 6.40. The highest BCUT2D eigenvalue weighted by atomic mass is 35.5. The molecule has 0 spiro atoms. The monoisotopic (exact) mass is 305 g/mol. The Kier molecular flexibility index (Phi) is 5.14. The maximum atomic E-state index is 12.3. The van der Waals surface area contributed by atoms with Crippen molar-refractivity contribution in [1.82, 2.24) is 10.0 Å². The first-order chi connectivity index (χ1) is 10.1. The second-order valence-electron chi connectivity index (χ2n) is 4.38. The lowest BCUT2D eigenvalue weighted by Gasteiger charge is -2.17. The third kappa shape index (κ3) is 4.18. The van der Waals surface area contributed by atoms with Crippen LogP contribution in [0.4, 0.5) is 5.82 Å². The molecule has 1 aromatic carbocycles. The zero-order valence-electron chi connectivity index (χ0n) is 11.8. The van der Waals surface area contributed by atoms with Crippen LogP contribution in [-0.2, 0) is 11.4 Å². The summed E-state index contributed by atoms with van der Waals surface area (Å²) in [4.78, 5) is 21.8. The van der Waals surface area contributed by atoms with Gasteiger partial charge in [-0.3, -0.25) is 9.63 Å². The fourth-order valence-electron chi connectivity index (χ4n) is 1.73. The zero-order chi connectivity index (χ0) is 15.2. The van der Waals surface area contributed by atoms with E-state index in [1.54, 1.807) is 20.2 Å². The summed E-state index contributed by atoms with van der Waals surface area (Å²) in [6, 6.07) is 12.8. The summed E-state index contributed by atoms with van der Waals surface area (Å²) in [7, 11) is 3.28. The molecule has 0 radical (unpaired) electrons. The molecule has 0 unspecified atom stereocenters. The van der Waals surface area contributed by atoms with Gasteiger partial charge in [0.15, 0.2) is 0 Å². The lowest BCUT2D eigenvalue weighted by Crippen LogP contribution is -2.27. The summed E-state index contributed by atoms with van der Waals surface area (Å²) >= 11 is 5.89. The van der Waals surface area contributed by atoms with E-state index in [-0.39, 0.29) is 11.1 Å². The maximum Gasteiger partial charge on any atom is 0.277 e. The van der Waals surface area contributed by atoms with Crippen molar-refractivity contribution in [3.63, 3.8) is 0 Å². The molecule has 0 saturated heterocycles. The summed E-state index contributed by atoms with van der Waals surface area (Å²) in [5.41, 5.74) is 1.40. The summed E-state index contributed by atoms with van der Waals surface area (Å²) in [6.45, 7) is 0.320. The zero-order valence-corrected chi connectivity index (χ0v) is 12.6. The molecule has 0 aliphatic heterocycles. The molecule has 0 saturated carbocycles. The molecule has 0 bridgehead atoms. The van der Waals surface area contributed by atoms with Crippen molar-refractivity contribution >= 4 is 23.3 Å². The van der Waals surface area contributed by atoms with E-state index in [2.05, 4.69) is 10.3 Å². The van der Waals surface area contributed by atoms with Crippen LogP contribution in [0.25, 0.3) is 0 Å². The number of rotatable bonds is 5. The highest BCUT2D eigenvalue weighted by Gasteiger charge is 2.14. The quantitative estimate of drug-likeness (QED) is 0.681. The lowest BCUT2D eigenvalue weighted by atomic mass is 10.2. The van der Waals surface area contributed by atoms with Crippen molar-refractivity contribution in [2.75, 3.05) is 19.4 Å². The average Bonchev–Trinajstić information content (AvgIpc) is 2.52. The molecule has 0 aliphatic carbocycles. The number of carbonyl (C=O) groups is 1. The molecule has 110 valence electrons. The number of nitrogens with one attached hydrogen (secondary N) is 1. The number of hydrogen-bond acceptors (Lipinski definition) is 4. The molecular formula is C15H16ClN3O2. The maximum absolute atomic E-state index is 12.3. The van der Waals surface area contributed by atoms with Crippen molar-refractivity contribution in [2.45, 2.75) is 6.61 Å². The minimum atomic E-state index is -0.285. The number of halogens is 1. The van der Waals surface area contributed by atoms with E-state index in [1.165, 1.54) is 11.1 Å². The molecule has 2 rings (SSSR count). The largest absolute Gasteiger partial charge is 0.373 e. The molecule has 21 heavy (non-hydrogen) atoms. The second kappa shape index (κ2) is 7.06. The predicted octanol–water partition coefficient (Wildman–Crippen LogP) is 2.98. The van der Waals surface area contributed by atoms with Gasteiger partial charge < -0.3 is 5.32 Å². The Morgan fingerprint density at radius 3 is 2.71 bits per heavy atom. The van der Waals surface area contributed by atoms with E-state index in [4.69, 9.17) is 16.4 Å². The third-order valence-corrected chi connectivity index (χ3v) is 3.04. The van der Waals surface area contributed by atoms with Crippen molar-refractivity contribution in [3.8, 4) is 0 Å². The van der Waals surface area contributed by atoms with E-state index < -0.39 is 0 Å². The van der Waals surface area contributed by atoms with E-state index in [0.717, 1.165) is 5.56 Å². The number of benzene rings is 1. The van der Waals surface area contributed by atoms with Crippen LogP contribution in [0.2, 0.25) is 5.15 Å². The van der Waals surface area contributed by atoms with E-state index in [9.17, 15) is 4.79 Å². The standard InChI is InChI=1S/C15H16ClN3O2/c1-17-14-9-12(8-13(16)18-14)15(20)19(2)21-10-11-6-4-3-5-7-11/h3-9H,10H2,1-2H3,(H,17,18). The third-order valence-electron chi connectivity index (χ3n) is 2.85. The molecular weight excluding hydrogens is 290 g/mol. The van der Waals surface area contributed by atoms with Gasteiger partial charge in [-0.15, -0.1) is 0 Å². The highest BCUT2D eigenvalue weighted by molar-refractivity contribution is 6.29. The Morgan fingerprint density at radius 2 is 2.05 bits per heavy atom. The normalized spacial score (nSPS) is 10.2. The number of hydroxylamine groups is 2. The number of anilines is 1. The van der Waals surface area contributed by atoms with E-state index >= 15 is 0 Å². The van der Waals surface area contributed by atoms with Gasteiger partial charge in [-0.1, -0.05) is 41.9 Å². The molecule has 1 heterocycles. The molecule has 1 N–H and O–H groups in total. The van der Waals surface area contributed by atoms with Crippen LogP contribution >= 0.6 is 11.6 Å². The minimum Gasteiger partial charge on any atom is -0.373 e. The summed E-state index contributed by atoms with van der Waals surface area (Å²) < 4.78 is 0. The SMILES string of the molecule is CNc1cc(C(=O)N(C)OCc2ccccc2)cc(Cl)n1. The summed E-state index contributed by atoms with van der Waals surface area (Å²) in [6.07, 6.45) is 0. The molecule has 0 fully saturated rings. The number of amides is 1. The molecule has 5 nitrogen and oxygen atoms in total. The lowest BCUT2D eigenvalue weighted by molar-refractivity contribution is -0.116. The first kappa shape index (κ1) is 15.3. The van der Waals surface area contributed by atoms with Crippen molar-refractivity contribution < 1.29 is 9.63 Å². The van der Waals surface area contributed by atoms with Crippen LogP contribution in [0.3, 0.4) is 0 Å². The molecule has 0 atom stereocenters. The Labute approximate surface area is 128 Å². The van der Waals surface area contributed by atoms with Gasteiger partial charge in [0.2, 0.25) is 0 Å². The molecule has 0 aliphatic rings. The van der Waals surface area contributed by atoms with E-state index in [1.807, 2.05) is 30.3 Å². The Balaban J connectivity index is 2.03. The summed E-state index contributed by atoms with van der Waals surface area (Å²) in [5.74, 6) is 0.244. The van der Waals surface area contributed by atoms with Crippen LogP contribution in [-0.4, -0.2) is 30.0 Å². The van der Waals surface area contributed by atoms with Gasteiger partial charge in [0.05, 0.1) is 0 Å². The fraction of sp³-hybridized carbons (Fsp3) is 0.200. The second-order valence-corrected chi connectivity index (χ2v) is 4.76. The van der Waals surface area contributed by atoms with Gasteiger partial charge in [-0.05, 0) is 17.7 Å². The molecule has 2 aromatic rings. The van der Waals surface area contributed by atoms with Gasteiger partial charge in [-0.25, -0.2) is 10.0 Å². The van der Waals surface area contributed by atoms with Crippen molar-refractivity contribution in [3.05, 3.63) is 58.7 Å². The minimum absolute atomic E-state index is 0.252. The van der Waals surface area contributed by atoms with Crippen molar-refractivity contribution in [1.29, 1.82) is 0 Å². The van der Waals surface area contributed by atoms with Crippen LogP contribution in [0.15, 0.2) is 42.5 Å². The number of hydrogen-bond donors (Lipinski definition) is 1. The van der Waals surface area contributed by atoms with Crippen LogP contribution in [0, 0.1) is 0 Å². The fourth-order valence-corrected chi connectivity index (χ4v) is 1.94. The first-order valence-corrected chi connectivity index (χ1v) is 6.78. The van der Waals surface area contributed by atoms with E-state index in [0.29, 0.717) is 18.0 Å². The highest BCUT2D eigenvalue weighted by Crippen LogP contribution is 2.16. The average molecular weight is 306 g/mol. The van der Waals surface area contributed by atoms with Gasteiger partial charge in [0.1, 0.15) is 17.6 Å². The van der Waals surface area contributed by atoms with Crippen LogP contribution in [0.5, 0.6) is 0 Å². The Hall–Kier alpha value is -2.11. The van der Waals surface area contributed by atoms with Crippen molar-refractivity contribution in [2.24, 2.45) is 0 Å². The van der Waals surface area contributed by atoms with Gasteiger partial charge in [0, 0.05) is 19.7 Å². The van der Waals surface area contributed by atoms with Crippen LogP contribution < -0.4 is 5.32 Å². The van der Waals surface area contributed by atoms with Gasteiger partial charge in [0.25, 0.3) is 5.91 Å². The topological polar surface area (TPSA) is 54.5 Å². The smallest absolute Gasteiger partial charge is 0.277 e. The number of carbonyl (C=O) groups excluding carboxylic acids is 1. The Morgan fingerprint density at radius 1 is 1.33 bits per heavy atom. The Bertz CT molecular complexity index is 620. The molecule has 6 heteroatoms.